The number of hydrogen-bond acceptors (Lipinski definition) is 3. The fourth-order valence-corrected chi connectivity index (χ4v) is 1.17. The van der Waals surface area contributed by atoms with Crippen LogP contribution in [0.3, 0.4) is 0 Å². The van der Waals surface area contributed by atoms with Gasteiger partial charge in [-0.1, -0.05) is 32.4 Å². The molecule has 1 amide bonds. The number of pyridine rings is 1. The van der Waals surface area contributed by atoms with Gasteiger partial charge in [0, 0.05) is 11.6 Å². The van der Waals surface area contributed by atoms with E-state index in [2.05, 4.69) is 10.3 Å². The van der Waals surface area contributed by atoms with Crippen LogP contribution in [-0.4, -0.2) is 18.0 Å². The molecule has 0 spiro atoms. The van der Waals surface area contributed by atoms with Crippen molar-refractivity contribution in [2.24, 2.45) is 5.41 Å². The van der Waals surface area contributed by atoms with Crippen molar-refractivity contribution >= 4 is 23.2 Å². The first-order valence-corrected chi connectivity index (χ1v) is 5.24. The van der Waals surface area contributed by atoms with Crippen molar-refractivity contribution in [1.82, 2.24) is 4.98 Å². The zero-order valence-corrected chi connectivity index (χ0v) is 10.6. The predicted octanol–water partition coefficient (Wildman–Crippen LogP) is 2.73. The van der Waals surface area contributed by atoms with E-state index in [1.807, 2.05) is 20.8 Å². The Balaban J connectivity index is 3.01. The van der Waals surface area contributed by atoms with Crippen molar-refractivity contribution in [2.75, 3.05) is 12.4 Å². The molecule has 0 fully saturated rings. The summed E-state index contributed by atoms with van der Waals surface area (Å²) in [5, 5.41) is 3.12. The van der Waals surface area contributed by atoms with Gasteiger partial charge in [-0.2, -0.15) is 0 Å². The summed E-state index contributed by atoms with van der Waals surface area (Å²) in [5.74, 6) is 0.172. The van der Waals surface area contributed by atoms with Crippen molar-refractivity contribution in [3.05, 3.63) is 17.3 Å². The number of hydrogen-bond donors (Lipinski definition) is 1. The number of ether oxygens (including phenoxy) is 1. The zero-order chi connectivity index (χ0) is 12.3. The molecule has 0 aromatic carbocycles. The Labute approximate surface area is 100.0 Å². The second-order valence-electron chi connectivity index (χ2n) is 4.38. The van der Waals surface area contributed by atoms with Crippen LogP contribution in [0.2, 0.25) is 5.02 Å². The molecule has 1 aromatic rings. The van der Waals surface area contributed by atoms with Crippen LogP contribution in [0, 0.1) is 5.41 Å². The molecule has 1 N–H and O–H groups in total. The highest BCUT2D eigenvalue weighted by molar-refractivity contribution is 6.34. The lowest BCUT2D eigenvalue weighted by atomic mass is 9.95. The molecular weight excluding hydrogens is 228 g/mol. The van der Waals surface area contributed by atoms with Crippen molar-refractivity contribution in [1.29, 1.82) is 0 Å². The largest absolute Gasteiger partial charge is 0.479 e. The molecule has 0 aliphatic rings. The maximum absolute atomic E-state index is 11.8. The highest BCUT2D eigenvalue weighted by atomic mass is 35.5. The van der Waals surface area contributed by atoms with Gasteiger partial charge in [0.05, 0.1) is 12.1 Å². The van der Waals surface area contributed by atoms with E-state index in [1.54, 1.807) is 6.07 Å². The monoisotopic (exact) mass is 242 g/mol. The summed E-state index contributed by atoms with van der Waals surface area (Å²) in [5.41, 5.74) is -0.0870. The SMILES string of the molecule is COc1nccc(Cl)c1NC(=O)C(C)(C)C. The molecule has 0 aliphatic heterocycles. The van der Waals surface area contributed by atoms with Crippen LogP contribution in [0.15, 0.2) is 12.3 Å². The van der Waals surface area contributed by atoms with Crippen LogP contribution in [0.25, 0.3) is 0 Å². The number of aromatic nitrogens is 1. The summed E-state index contributed by atoms with van der Waals surface area (Å²) in [7, 11) is 1.48. The average molecular weight is 243 g/mol. The Morgan fingerprint density at radius 3 is 2.62 bits per heavy atom. The van der Waals surface area contributed by atoms with Crippen molar-refractivity contribution < 1.29 is 9.53 Å². The number of halogens is 1. The summed E-state index contributed by atoms with van der Waals surface area (Å²) in [6.45, 7) is 5.46. The molecule has 4 nitrogen and oxygen atoms in total. The van der Waals surface area contributed by atoms with E-state index >= 15 is 0 Å². The van der Waals surface area contributed by atoms with Gasteiger partial charge in [0.2, 0.25) is 11.8 Å². The van der Waals surface area contributed by atoms with Crippen molar-refractivity contribution in [3.63, 3.8) is 0 Å². The molecule has 16 heavy (non-hydrogen) atoms. The van der Waals surface area contributed by atoms with Gasteiger partial charge in [-0.3, -0.25) is 4.79 Å². The lowest BCUT2D eigenvalue weighted by molar-refractivity contribution is -0.123. The molecule has 0 saturated heterocycles. The Kier molecular flexibility index (Phi) is 3.75. The molecule has 0 bridgehead atoms. The molecule has 0 radical (unpaired) electrons. The van der Waals surface area contributed by atoms with Gasteiger partial charge in [0.15, 0.2) is 0 Å². The molecule has 1 aromatic heterocycles. The highest BCUT2D eigenvalue weighted by Crippen LogP contribution is 2.31. The lowest BCUT2D eigenvalue weighted by Gasteiger charge is -2.19. The van der Waals surface area contributed by atoms with Gasteiger partial charge in [-0.15, -0.1) is 0 Å². The molecule has 0 unspecified atom stereocenters. The minimum atomic E-state index is -0.496. The first-order chi connectivity index (χ1) is 7.36. The quantitative estimate of drug-likeness (QED) is 0.868. The van der Waals surface area contributed by atoms with E-state index in [4.69, 9.17) is 16.3 Å². The third-order valence-electron chi connectivity index (χ3n) is 1.98. The van der Waals surface area contributed by atoms with E-state index in [0.29, 0.717) is 16.6 Å². The predicted molar refractivity (Wildman–Crippen MR) is 63.9 cm³/mol. The van der Waals surface area contributed by atoms with Crippen LogP contribution >= 0.6 is 11.6 Å². The Morgan fingerprint density at radius 2 is 2.12 bits per heavy atom. The second-order valence-corrected chi connectivity index (χ2v) is 4.79. The van der Waals surface area contributed by atoms with Crippen LogP contribution in [-0.2, 0) is 4.79 Å². The average Bonchev–Trinajstić information content (AvgIpc) is 2.19. The summed E-state index contributed by atoms with van der Waals surface area (Å²) in [6.07, 6.45) is 1.52. The Bertz CT molecular complexity index is 399. The molecule has 88 valence electrons. The fraction of sp³-hybridized carbons (Fsp3) is 0.455. The van der Waals surface area contributed by atoms with E-state index in [0.717, 1.165) is 0 Å². The third-order valence-corrected chi connectivity index (χ3v) is 2.29. The Morgan fingerprint density at radius 1 is 1.50 bits per heavy atom. The van der Waals surface area contributed by atoms with Crippen molar-refractivity contribution in [2.45, 2.75) is 20.8 Å². The molecule has 0 atom stereocenters. The molecular formula is C11H15ClN2O2. The minimum Gasteiger partial charge on any atom is -0.479 e. The van der Waals surface area contributed by atoms with Gasteiger partial charge in [-0.25, -0.2) is 4.98 Å². The molecule has 0 saturated carbocycles. The second kappa shape index (κ2) is 4.70. The van der Waals surface area contributed by atoms with Gasteiger partial charge in [0.1, 0.15) is 5.69 Å². The smallest absolute Gasteiger partial charge is 0.239 e. The van der Waals surface area contributed by atoms with Gasteiger partial charge < -0.3 is 10.1 Å². The summed E-state index contributed by atoms with van der Waals surface area (Å²) >= 11 is 5.97. The van der Waals surface area contributed by atoms with E-state index < -0.39 is 5.41 Å². The molecule has 0 aliphatic carbocycles. The maximum atomic E-state index is 11.8. The van der Waals surface area contributed by atoms with Crippen LogP contribution in [0.1, 0.15) is 20.8 Å². The topological polar surface area (TPSA) is 51.2 Å². The minimum absolute atomic E-state index is 0.138. The fourth-order valence-electron chi connectivity index (χ4n) is 0.989. The highest BCUT2D eigenvalue weighted by Gasteiger charge is 2.23. The number of rotatable bonds is 2. The Hall–Kier alpha value is -1.29. The molecule has 5 heteroatoms. The number of methoxy groups -OCH3 is 1. The molecule has 1 heterocycles. The van der Waals surface area contributed by atoms with Gasteiger partial charge in [-0.05, 0) is 6.07 Å². The van der Waals surface area contributed by atoms with Crippen LogP contribution < -0.4 is 10.1 Å². The standard InChI is InChI=1S/C11H15ClN2O2/c1-11(2,3)10(15)14-8-7(12)5-6-13-9(8)16-4/h5-6H,1-4H3,(H,14,15). The number of anilines is 1. The summed E-state index contributed by atoms with van der Waals surface area (Å²) in [4.78, 5) is 15.8. The summed E-state index contributed by atoms with van der Waals surface area (Å²) < 4.78 is 5.03. The third kappa shape index (κ3) is 2.85. The van der Waals surface area contributed by atoms with Crippen LogP contribution in [0.4, 0.5) is 5.69 Å². The van der Waals surface area contributed by atoms with Crippen molar-refractivity contribution in [3.8, 4) is 5.88 Å². The number of carbonyl (C=O) groups is 1. The lowest BCUT2D eigenvalue weighted by Crippen LogP contribution is -2.28. The zero-order valence-electron chi connectivity index (χ0n) is 9.80. The summed E-state index contributed by atoms with van der Waals surface area (Å²) in [6, 6.07) is 1.60. The number of nitrogens with zero attached hydrogens (tertiary/aromatic N) is 1. The first-order valence-electron chi connectivity index (χ1n) is 4.86. The first kappa shape index (κ1) is 12.8. The van der Waals surface area contributed by atoms with Crippen LogP contribution in [0.5, 0.6) is 5.88 Å². The number of amides is 1. The number of nitrogens with one attached hydrogen (secondary N) is 1. The van der Waals surface area contributed by atoms with E-state index in [1.165, 1.54) is 13.3 Å². The maximum Gasteiger partial charge on any atom is 0.239 e. The van der Waals surface area contributed by atoms with Gasteiger partial charge in [0.25, 0.3) is 0 Å². The molecule has 1 rings (SSSR count). The van der Waals surface area contributed by atoms with Gasteiger partial charge >= 0.3 is 0 Å². The van der Waals surface area contributed by atoms with E-state index in [-0.39, 0.29) is 5.91 Å². The normalized spacial score (nSPS) is 11.1. The number of carbonyl (C=O) groups excluding carboxylic acids is 1. The van der Waals surface area contributed by atoms with E-state index in [9.17, 15) is 4.79 Å².